The molecular formula is C11H17N3O2. The average molecular weight is 223 g/mol. The van der Waals surface area contributed by atoms with E-state index in [4.69, 9.17) is 10.5 Å². The van der Waals surface area contributed by atoms with Crippen LogP contribution in [-0.4, -0.2) is 24.0 Å². The molecule has 16 heavy (non-hydrogen) atoms. The van der Waals surface area contributed by atoms with Gasteiger partial charge in [-0.25, -0.2) is 4.98 Å². The van der Waals surface area contributed by atoms with Crippen molar-refractivity contribution in [3.05, 3.63) is 18.3 Å². The zero-order valence-electron chi connectivity index (χ0n) is 9.56. The largest absolute Gasteiger partial charge is 0.480 e. The van der Waals surface area contributed by atoms with Gasteiger partial charge in [0.1, 0.15) is 5.69 Å². The first-order valence-corrected chi connectivity index (χ1v) is 5.18. The van der Waals surface area contributed by atoms with Crippen molar-refractivity contribution in [2.24, 2.45) is 5.73 Å². The minimum atomic E-state index is -0.0800. The Balaban J connectivity index is 2.55. The van der Waals surface area contributed by atoms with Crippen molar-refractivity contribution in [1.29, 1.82) is 0 Å². The van der Waals surface area contributed by atoms with Gasteiger partial charge < -0.3 is 15.8 Å². The first-order valence-electron chi connectivity index (χ1n) is 5.18. The molecule has 1 heterocycles. The highest BCUT2D eigenvalue weighted by atomic mass is 16.5. The molecule has 3 N–H and O–H groups in total. The third-order valence-electron chi connectivity index (χ3n) is 2.07. The van der Waals surface area contributed by atoms with Gasteiger partial charge in [-0.3, -0.25) is 4.79 Å². The molecule has 1 aromatic rings. The fourth-order valence-electron chi connectivity index (χ4n) is 1.22. The number of nitrogens with two attached hydrogens (primary N) is 1. The number of methoxy groups -OCH3 is 1. The number of pyridine rings is 1. The van der Waals surface area contributed by atoms with Crippen LogP contribution >= 0.6 is 0 Å². The Hall–Kier alpha value is -1.62. The van der Waals surface area contributed by atoms with Gasteiger partial charge in [0.05, 0.1) is 7.11 Å². The van der Waals surface area contributed by atoms with E-state index < -0.39 is 0 Å². The van der Waals surface area contributed by atoms with Crippen LogP contribution < -0.4 is 15.8 Å². The van der Waals surface area contributed by atoms with Gasteiger partial charge in [-0.15, -0.1) is 0 Å². The van der Waals surface area contributed by atoms with Crippen molar-refractivity contribution < 1.29 is 9.53 Å². The summed E-state index contributed by atoms with van der Waals surface area (Å²) in [6.45, 7) is 1.87. The Morgan fingerprint density at radius 3 is 3.06 bits per heavy atom. The summed E-state index contributed by atoms with van der Waals surface area (Å²) in [6.07, 6.45) is 2.67. The summed E-state index contributed by atoms with van der Waals surface area (Å²) >= 11 is 0. The van der Waals surface area contributed by atoms with E-state index in [1.165, 1.54) is 7.11 Å². The molecule has 0 aromatic carbocycles. The highest BCUT2D eigenvalue weighted by Crippen LogP contribution is 2.19. The van der Waals surface area contributed by atoms with Crippen LogP contribution in [0.5, 0.6) is 5.88 Å². The Bertz CT molecular complexity index is 353. The maximum absolute atomic E-state index is 11.5. The van der Waals surface area contributed by atoms with Crippen LogP contribution in [0, 0.1) is 0 Å². The van der Waals surface area contributed by atoms with E-state index in [-0.39, 0.29) is 11.9 Å². The van der Waals surface area contributed by atoms with Gasteiger partial charge in [-0.2, -0.15) is 0 Å². The molecule has 0 spiro atoms. The molecular weight excluding hydrogens is 206 g/mol. The molecule has 0 bridgehead atoms. The Kier molecular flexibility index (Phi) is 4.72. The normalized spacial score (nSPS) is 11.9. The van der Waals surface area contributed by atoms with Gasteiger partial charge in [-0.1, -0.05) is 0 Å². The number of anilines is 1. The van der Waals surface area contributed by atoms with E-state index in [1.807, 2.05) is 6.92 Å². The highest BCUT2D eigenvalue weighted by Gasteiger charge is 2.08. The topological polar surface area (TPSA) is 77.2 Å². The van der Waals surface area contributed by atoms with E-state index in [9.17, 15) is 4.79 Å². The van der Waals surface area contributed by atoms with Crippen molar-refractivity contribution in [2.45, 2.75) is 25.8 Å². The predicted octanol–water partition coefficient (Wildman–Crippen LogP) is 1.16. The summed E-state index contributed by atoms with van der Waals surface area (Å²) in [7, 11) is 1.51. The van der Waals surface area contributed by atoms with Gasteiger partial charge in [0.15, 0.2) is 0 Å². The number of amides is 1. The third-order valence-corrected chi connectivity index (χ3v) is 2.07. The van der Waals surface area contributed by atoms with Crippen molar-refractivity contribution in [1.82, 2.24) is 4.98 Å². The van der Waals surface area contributed by atoms with Gasteiger partial charge in [0.25, 0.3) is 0 Å². The third kappa shape index (κ3) is 3.86. The number of aromatic nitrogens is 1. The lowest BCUT2D eigenvalue weighted by atomic mass is 10.2. The number of hydrogen-bond donors (Lipinski definition) is 2. The molecule has 1 unspecified atom stereocenters. The molecule has 0 fully saturated rings. The SMILES string of the molecule is COc1ncccc1NC(=O)CCC(C)N. The summed E-state index contributed by atoms with van der Waals surface area (Å²) in [4.78, 5) is 15.5. The van der Waals surface area contributed by atoms with Gasteiger partial charge in [0, 0.05) is 18.7 Å². The lowest BCUT2D eigenvalue weighted by Gasteiger charge is -2.09. The molecule has 0 aliphatic rings. The maximum Gasteiger partial charge on any atom is 0.237 e. The van der Waals surface area contributed by atoms with Crippen LogP contribution in [0.4, 0.5) is 5.69 Å². The summed E-state index contributed by atoms with van der Waals surface area (Å²) in [5, 5.41) is 2.73. The molecule has 1 aromatic heterocycles. The van der Waals surface area contributed by atoms with Crippen molar-refractivity contribution in [2.75, 3.05) is 12.4 Å². The minimum absolute atomic E-state index is 0.0292. The van der Waals surface area contributed by atoms with E-state index in [0.29, 0.717) is 24.4 Å². The number of carbonyl (C=O) groups excluding carboxylic acids is 1. The first kappa shape index (κ1) is 12.4. The summed E-state index contributed by atoms with van der Waals surface area (Å²) < 4.78 is 5.02. The van der Waals surface area contributed by atoms with Crippen molar-refractivity contribution in [3.8, 4) is 5.88 Å². The van der Waals surface area contributed by atoms with Gasteiger partial charge in [0.2, 0.25) is 11.8 Å². The van der Waals surface area contributed by atoms with Crippen LogP contribution in [-0.2, 0) is 4.79 Å². The molecule has 0 saturated heterocycles. The van der Waals surface area contributed by atoms with E-state index in [2.05, 4.69) is 10.3 Å². The quantitative estimate of drug-likeness (QED) is 0.785. The zero-order chi connectivity index (χ0) is 12.0. The second-order valence-corrected chi connectivity index (χ2v) is 3.62. The number of nitrogens with zero attached hydrogens (tertiary/aromatic N) is 1. The fourth-order valence-corrected chi connectivity index (χ4v) is 1.22. The molecule has 1 atom stereocenters. The summed E-state index contributed by atoms with van der Waals surface area (Å²) in [6, 6.07) is 3.51. The van der Waals surface area contributed by atoms with Crippen molar-refractivity contribution in [3.63, 3.8) is 0 Å². The van der Waals surface area contributed by atoms with E-state index in [1.54, 1.807) is 18.3 Å². The van der Waals surface area contributed by atoms with Crippen LogP contribution in [0.3, 0.4) is 0 Å². The number of nitrogens with one attached hydrogen (secondary N) is 1. The van der Waals surface area contributed by atoms with Crippen LogP contribution in [0.25, 0.3) is 0 Å². The lowest BCUT2D eigenvalue weighted by molar-refractivity contribution is -0.116. The zero-order valence-corrected chi connectivity index (χ0v) is 9.56. The molecule has 0 saturated carbocycles. The second-order valence-electron chi connectivity index (χ2n) is 3.62. The molecule has 88 valence electrons. The molecule has 0 aliphatic heterocycles. The van der Waals surface area contributed by atoms with E-state index in [0.717, 1.165) is 0 Å². The smallest absolute Gasteiger partial charge is 0.237 e. The molecule has 1 amide bonds. The number of hydrogen-bond acceptors (Lipinski definition) is 4. The Morgan fingerprint density at radius 2 is 2.44 bits per heavy atom. The highest BCUT2D eigenvalue weighted by molar-refractivity contribution is 5.91. The summed E-state index contributed by atoms with van der Waals surface area (Å²) in [5.41, 5.74) is 6.16. The predicted molar refractivity (Wildman–Crippen MR) is 62.3 cm³/mol. The average Bonchev–Trinajstić information content (AvgIpc) is 2.27. The lowest BCUT2D eigenvalue weighted by Crippen LogP contribution is -2.19. The van der Waals surface area contributed by atoms with Gasteiger partial charge in [-0.05, 0) is 25.5 Å². The van der Waals surface area contributed by atoms with Crippen LogP contribution in [0.15, 0.2) is 18.3 Å². The Labute approximate surface area is 95.0 Å². The fraction of sp³-hybridized carbons (Fsp3) is 0.455. The molecule has 0 aliphatic carbocycles. The molecule has 0 radical (unpaired) electrons. The maximum atomic E-state index is 11.5. The van der Waals surface area contributed by atoms with Crippen molar-refractivity contribution >= 4 is 11.6 Å². The number of rotatable bonds is 5. The van der Waals surface area contributed by atoms with Gasteiger partial charge >= 0.3 is 0 Å². The van der Waals surface area contributed by atoms with Crippen LogP contribution in [0.1, 0.15) is 19.8 Å². The number of ether oxygens (including phenoxy) is 1. The first-order chi connectivity index (χ1) is 7.63. The minimum Gasteiger partial charge on any atom is -0.480 e. The van der Waals surface area contributed by atoms with Crippen LogP contribution in [0.2, 0.25) is 0 Å². The molecule has 5 nitrogen and oxygen atoms in total. The molecule has 5 heteroatoms. The Morgan fingerprint density at radius 1 is 1.69 bits per heavy atom. The van der Waals surface area contributed by atoms with E-state index >= 15 is 0 Å². The molecule has 1 rings (SSSR count). The summed E-state index contributed by atoms with van der Waals surface area (Å²) in [5.74, 6) is 0.334. The second kappa shape index (κ2) is 6.07. The monoisotopic (exact) mass is 223 g/mol. The number of carbonyl (C=O) groups is 1. The standard InChI is InChI=1S/C11H17N3O2/c1-8(12)5-6-10(15)14-9-4-3-7-13-11(9)16-2/h3-4,7-8H,5-6,12H2,1-2H3,(H,14,15).